The van der Waals surface area contributed by atoms with E-state index < -0.39 is 0 Å². The quantitative estimate of drug-likeness (QED) is 0.594. The van der Waals surface area contributed by atoms with Crippen molar-refractivity contribution in [2.24, 2.45) is 7.05 Å². The molecule has 6 nitrogen and oxygen atoms in total. The molecule has 1 saturated heterocycles. The van der Waals surface area contributed by atoms with Crippen LogP contribution in [0.15, 0.2) is 67.0 Å². The minimum atomic E-state index is -0.340. The van der Waals surface area contributed by atoms with E-state index in [-0.39, 0.29) is 30.2 Å². The SMILES string of the molecule is Cn1cccc1[C@@H]1[C@@H](c2ccccn2)NC(=S)N1CCC(=O)Nc1ccc(F)cc1. The van der Waals surface area contributed by atoms with Gasteiger partial charge in [-0.15, -0.1) is 0 Å². The number of rotatable bonds is 6. The van der Waals surface area contributed by atoms with Crippen LogP contribution < -0.4 is 10.6 Å². The summed E-state index contributed by atoms with van der Waals surface area (Å²) in [6, 6.07) is 15.4. The normalized spacial score (nSPS) is 18.3. The Bertz CT molecular complexity index is 1040. The van der Waals surface area contributed by atoms with Gasteiger partial charge in [0.2, 0.25) is 5.91 Å². The van der Waals surface area contributed by atoms with Gasteiger partial charge in [0.25, 0.3) is 0 Å². The fourth-order valence-electron chi connectivity index (χ4n) is 3.73. The van der Waals surface area contributed by atoms with Crippen LogP contribution in [-0.2, 0) is 11.8 Å². The lowest BCUT2D eigenvalue weighted by molar-refractivity contribution is -0.116. The summed E-state index contributed by atoms with van der Waals surface area (Å²) in [5.74, 6) is -0.496. The van der Waals surface area contributed by atoms with E-state index in [1.54, 1.807) is 18.3 Å². The molecule has 4 rings (SSSR count). The predicted octanol–water partition coefficient (Wildman–Crippen LogP) is 3.56. The second-order valence-corrected chi connectivity index (χ2v) is 7.56. The molecule has 0 radical (unpaired) electrons. The number of aromatic nitrogens is 2. The number of amides is 1. The zero-order chi connectivity index (χ0) is 21.1. The monoisotopic (exact) mass is 423 g/mol. The number of nitrogens with one attached hydrogen (secondary N) is 2. The molecule has 0 spiro atoms. The van der Waals surface area contributed by atoms with Gasteiger partial charge in [-0.3, -0.25) is 9.78 Å². The Morgan fingerprint density at radius 3 is 2.67 bits per heavy atom. The Kier molecular flexibility index (Phi) is 5.76. The van der Waals surface area contributed by atoms with Gasteiger partial charge in [0.15, 0.2) is 5.11 Å². The van der Waals surface area contributed by atoms with Crippen LogP contribution in [0.4, 0.5) is 10.1 Å². The molecule has 8 heteroatoms. The molecule has 2 atom stereocenters. The zero-order valence-electron chi connectivity index (χ0n) is 16.5. The smallest absolute Gasteiger partial charge is 0.226 e. The molecule has 2 N–H and O–H groups in total. The predicted molar refractivity (Wildman–Crippen MR) is 117 cm³/mol. The number of nitrogens with zero attached hydrogens (tertiary/aromatic N) is 3. The molecule has 154 valence electrons. The van der Waals surface area contributed by atoms with Gasteiger partial charge in [-0.05, 0) is 60.7 Å². The highest BCUT2D eigenvalue weighted by Gasteiger charge is 2.40. The van der Waals surface area contributed by atoms with E-state index in [9.17, 15) is 9.18 Å². The largest absolute Gasteiger partial charge is 0.353 e. The van der Waals surface area contributed by atoms with Crippen LogP contribution in [-0.4, -0.2) is 32.0 Å². The van der Waals surface area contributed by atoms with Crippen molar-refractivity contribution in [3.63, 3.8) is 0 Å². The molecule has 1 fully saturated rings. The Labute approximate surface area is 179 Å². The average Bonchev–Trinajstić information content (AvgIpc) is 3.31. The van der Waals surface area contributed by atoms with Crippen LogP contribution in [0.5, 0.6) is 0 Å². The lowest BCUT2D eigenvalue weighted by Crippen LogP contribution is -2.33. The third-order valence-electron chi connectivity index (χ3n) is 5.19. The first-order chi connectivity index (χ1) is 14.5. The number of hydrogen-bond acceptors (Lipinski definition) is 3. The molecule has 1 aromatic carbocycles. The second kappa shape index (κ2) is 8.62. The molecule has 30 heavy (non-hydrogen) atoms. The first kappa shape index (κ1) is 20.0. The van der Waals surface area contributed by atoms with Gasteiger partial charge < -0.3 is 20.1 Å². The van der Waals surface area contributed by atoms with Gasteiger partial charge >= 0.3 is 0 Å². The number of hydrogen-bond donors (Lipinski definition) is 2. The van der Waals surface area contributed by atoms with Crippen LogP contribution >= 0.6 is 12.2 Å². The number of benzene rings is 1. The van der Waals surface area contributed by atoms with E-state index in [2.05, 4.69) is 26.3 Å². The number of thiocarbonyl (C=S) groups is 1. The van der Waals surface area contributed by atoms with Crippen molar-refractivity contribution in [3.8, 4) is 0 Å². The highest BCUT2D eigenvalue weighted by molar-refractivity contribution is 7.80. The van der Waals surface area contributed by atoms with Gasteiger partial charge in [0, 0.05) is 43.8 Å². The summed E-state index contributed by atoms with van der Waals surface area (Å²) in [7, 11) is 1.99. The van der Waals surface area contributed by atoms with Crippen molar-refractivity contribution < 1.29 is 9.18 Å². The van der Waals surface area contributed by atoms with Gasteiger partial charge in [-0.2, -0.15) is 0 Å². The van der Waals surface area contributed by atoms with Crippen molar-refractivity contribution in [2.45, 2.75) is 18.5 Å². The molecule has 2 aromatic heterocycles. The minimum absolute atomic E-state index is 0.0916. The van der Waals surface area contributed by atoms with E-state index >= 15 is 0 Å². The number of anilines is 1. The third kappa shape index (κ3) is 4.18. The Balaban J connectivity index is 1.52. The number of pyridine rings is 1. The number of halogens is 1. The van der Waals surface area contributed by atoms with Crippen LogP contribution in [0.25, 0.3) is 0 Å². The fourth-order valence-corrected chi connectivity index (χ4v) is 4.06. The lowest BCUT2D eigenvalue weighted by Gasteiger charge is -2.28. The van der Waals surface area contributed by atoms with E-state index in [1.807, 2.05) is 42.4 Å². The van der Waals surface area contributed by atoms with E-state index in [0.717, 1.165) is 11.4 Å². The van der Waals surface area contributed by atoms with Gasteiger partial charge in [0.05, 0.1) is 17.8 Å². The summed E-state index contributed by atoms with van der Waals surface area (Å²) in [5.41, 5.74) is 2.54. The Morgan fingerprint density at radius 1 is 1.20 bits per heavy atom. The molecule has 1 amide bonds. The van der Waals surface area contributed by atoms with Gasteiger partial charge in [0.1, 0.15) is 5.82 Å². The fraction of sp³-hybridized carbons (Fsp3) is 0.227. The molecular formula is C22H22FN5OS. The van der Waals surface area contributed by atoms with Crippen molar-refractivity contribution in [2.75, 3.05) is 11.9 Å². The molecule has 1 aliphatic heterocycles. The molecule has 0 bridgehead atoms. The number of aryl methyl sites for hydroxylation is 1. The van der Waals surface area contributed by atoms with Crippen molar-refractivity contribution in [1.29, 1.82) is 0 Å². The van der Waals surface area contributed by atoms with E-state index in [4.69, 9.17) is 12.2 Å². The maximum atomic E-state index is 13.1. The van der Waals surface area contributed by atoms with Gasteiger partial charge in [-0.25, -0.2) is 4.39 Å². The van der Waals surface area contributed by atoms with E-state index in [1.165, 1.54) is 12.1 Å². The standard InChI is InChI=1S/C22H22FN5OS/c1-27-13-4-6-18(27)21-20(17-5-2-3-12-24-17)26-22(30)28(21)14-11-19(29)25-16-9-7-15(23)8-10-16/h2-10,12-13,20-21H,11,14H2,1H3,(H,25,29)(H,26,30)/t20-,21-/m1/s1. The van der Waals surface area contributed by atoms with Crippen LogP contribution in [0.1, 0.15) is 29.9 Å². The van der Waals surface area contributed by atoms with Gasteiger partial charge in [-0.1, -0.05) is 6.07 Å². The summed E-state index contributed by atoms with van der Waals surface area (Å²) < 4.78 is 15.1. The van der Waals surface area contributed by atoms with E-state index in [0.29, 0.717) is 17.3 Å². The van der Waals surface area contributed by atoms with Crippen LogP contribution in [0, 0.1) is 5.82 Å². The molecule has 3 aromatic rings. The third-order valence-corrected chi connectivity index (χ3v) is 5.54. The minimum Gasteiger partial charge on any atom is -0.353 e. The maximum Gasteiger partial charge on any atom is 0.226 e. The summed E-state index contributed by atoms with van der Waals surface area (Å²) in [6.07, 6.45) is 4.00. The first-order valence-electron chi connectivity index (χ1n) is 9.67. The number of carbonyl (C=O) groups excluding carboxylic acids is 1. The molecule has 0 unspecified atom stereocenters. The summed E-state index contributed by atoms with van der Waals surface area (Å²) in [5, 5.41) is 6.76. The van der Waals surface area contributed by atoms with Crippen molar-refractivity contribution in [3.05, 3.63) is 84.2 Å². The Hall–Kier alpha value is -3.26. The Morgan fingerprint density at radius 2 is 2.00 bits per heavy atom. The average molecular weight is 424 g/mol. The second-order valence-electron chi connectivity index (χ2n) is 7.17. The summed E-state index contributed by atoms with van der Waals surface area (Å²) >= 11 is 5.61. The van der Waals surface area contributed by atoms with Crippen molar-refractivity contribution >= 4 is 28.9 Å². The lowest BCUT2D eigenvalue weighted by atomic mass is 10.0. The first-order valence-corrected chi connectivity index (χ1v) is 10.1. The molecule has 0 saturated carbocycles. The maximum absolute atomic E-state index is 13.1. The van der Waals surface area contributed by atoms with Crippen molar-refractivity contribution in [1.82, 2.24) is 19.8 Å². The topological polar surface area (TPSA) is 62.2 Å². The highest BCUT2D eigenvalue weighted by atomic mass is 32.1. The summed E-state index contributed by atoms with van der Waals surface area (Å²) in [6.45, 7) is 0.443. The molecule has 3 heterocycles. The highest BCUT2D eigenvalue weighted by Crippen LogP contribution is 2.38. The molecular weight excluding hydrogens is 401 g/mol. The number of carbonyl (C=O) groups is 1. The summed E-state index contributed by atoms with van der Waals surface area (Å²) in [4.78, 5) is 19.0. The zero-order valence-corrected chi connectivity index (χ0v) is 17.3. The van der Waals surface area contributed by atoms with Crippen LogP contribution in [0.2, 0.25) is 0 Å². The molecule has 1 aliphatic rings. The molecule has 0 aliphatic carbocycles. The van der Waals surface area contributed by atoms with Crippen LogP contribution in [0.3, 0.4) is 0 Å².